The molecule has 0 spiro atoms. The van der Waals surface area contributed by atoms with E-state index in [4.69, 9.17) is 9.72 Å². The summed E-state index contributed by atoms with van der Waals surface area (Å²) in [4.78, 5) is 23.2. The summed E-state index contributed by atoms with van der Waals surface area (Å²) in [7, 11) is 0. The molecule has 2 heterocycles. The van der Waals surface area contributed by atoms with Gasteiger partial charge in [0.05, 0.1) is 11.8 Å². The first kappa shape index (κ1) is 20.4. The quantitative estimate of drug-likeness (QED) is 0.718. The van der Waals surface area contributed by atoms with E-state index in [0.29, 0.717) is 0 Å². The second kappa shape index (κ2) is 8.84. The zero-order valence-electron chi connectivity index (χ0n) is 17.7. The molecule has 0 bridgehead atoms. The fourth-order valence-electron chi connectivity index (χ4n) is 4.40. The van der Waals surface area contributed by atoms with Crippen LogP contribution in [0.3, 0.4) is 0 Å². The van der Waals surface area contributed by atoms with Crippen molar-refractivity contribution in [1.29, 1.82) is 0 Å². The summed E-state index contributed by atoms with van der Waals surface area (Å²) >= 11 is 1.50. The number of amides is 1. The standard InChI is InChI=1S/C23H31N3O2S/c1-16(2)28-20-10-6-7-18(15-20)22-24-17(3)21(29-22)23(27)26-13-11-25(12-14-26)19-8-4-5-9-19/h6-7,10,15-16,19H,4-5,8-9,11-14H2,1-3H3. The predicted molar refractivity (Wildman–Crippen MR) is 118 cm³/mol. The molecule has 6 heteroatoms. The van der Waals surface area contributed by atoms with E-state index in [1.807, 2.05) is 49.9 Å². The Bertz CT molecular complexity index is 850. The molecule has 0 atom stereocenters. The Morgan fingerprint density at radius 1 is 1.17 bits per heavy atom. The molecule has 29 heavy (non-hydrogen) atoms. The Morgan fingerprint density at radius 2 is 1.90 bits per heavy atom. The van der Waals surface area contributed by atoms with Crippen molar-refractivity contribution < 1.29 is 9.53 Å². The summed E-state index contributed by atoms with van der Waals surface area (Å²) in [5.74, 6) is 0.966. The van der Waals surface area contributed by atoms with Crippen LogP contribution in [0, 0.1) is 6.92 Å². The van der Waals surface area contributed by atoms with Crippen LogP contribution in [0.15, 0.2) is 24.3 Å². The summed E-state index contributed by atoms with van der Waals surface area (Å²) < 4.78 is 5.81. The first-order valence-corrected chi connectivity index (χ1v) is 11.6. The second-order valence-electron chi connectivity index (χ2n) is 8.39. The van der Waals surface area contributed by atoms with Crippen molar-refractivity contribution >= 4 is 17.2 Å². The van der Waals surface area contributed by atoms with E-state index >= 15 is 0 Å². The van der Waals surface area contributed by atoms with Crippen LogP contribution >= 0.6 is 11.3 Å². The van der Waals surface area contributed by atoms with Crippen molar-refractivity contribution in [2.24, 2.45) is 0 Å². The monoisotopic (exact) mass is 413 g/mol. The van der Waals surface area contributed by atoms with Crippen LogP contribution < -0.4 is 4.74 Å². The maximum absolute atomic E-state index is 13.2. The number of benzene rings is 1. The van der Waals surface area contributed by atoms with Gasteiger partial charge < -0.3 is 9.64 Å². The maximum Gasteiger partial charge on any atom is 0.265 e. The molecule has 2 fully saturated rings. The van der Waals surface area contributed by atoms with E-state index in [0.717, 1.165) is 59.1 Å². The molecule has 2 aromatic rings. The number of piperazine rings is 1. The van der Waals surface area contributed by atoms with Crippen LogP contribution in [0.1, 0.15) is 54.9 Å². The Balaban J connectivity index is 1.44. The van der Waals surface area contributed by atoms with Gasteiger partial charge in [-0.1, -0.05) is 25.0 Å². The largest absolute Gasteiger partial charge is 0.491 e. The summed E-state index contributed by atoms with van der Waals surface area (Å²) in [6, 6.07) is 8.71. The van der Waals surface area contributed by atoms with Crippen LogP contribution in [-0.4, -0.2) is 59.0 Å². The highest BCUT2D eigenvalue weighted by Crippen LogP contribution is 2.31. The van der Waals surface area contributed by atoms with Gasteiger partial charge in [-0.15, -0.1) is 11.3 Å². The molecule has 1 saturated heterocycles. The number of ether oxygens (including phenoxy) is 1. The summed E-state index contributed by atoms with van der Waals surface area (Å²) in [6.45, 7) is 9.61. The van der Waals surface area contributed by atoms with Gasteiger partial charge in [0, 0.05) is 37.8 Å². The second-order valence-corrected chi connectivity index (χ2v) is 9.39. The molecular formula is C23H31N3O2S. The van der Waals surface area contributed by atoms with Crippen LogP contribution in [0.2, 0.25) is 0 Å². The fourth-order valence-corrected chi connectivity index (χ4v) is 5.43. The van der Waals surface area contributed by atoms with Gasteiger partial charge in [0.2, 0.25) is 0 Å². The lowest BCUT2D eigenvalue weighted by atomic mass is 10.1. The number of rotatable bonds is 5. The van der Waals surface area contributed by atoms with E-state index in [1.165, 1.54) is 37.0 Å². The number of carbonyl (C=O) groups is 1. The van der Waals surface area contributed by atoms with Gasteiger partial charge in [0.1, 0.15) is 15.6 Å². The minimum Gasteiger partial charge on any atom is -0.491 e. The van der Waals surface area contributed by atoms with Crippen molar-refractivity contribution in [3.8, 4) is 16.3 Å². The summed E-state index contributed by atoms with van der Waals surface area (Å²) in [5.41, 5.74) is 1.82. The van der Waals surface area contributed by atoms with Gasteiger partial charge in [0.25, 0.3) is 5.91 Å². The number of hydrogen-bond donors (Lipinski definition) is 0. The SMILES string of the molecule is Cc1nc(-c2cccc(OC(C)C)c2)sc1C(=O)N1CCN(C2CCCC2)CC1. The van der Waals surface area contributed by atoms with Gasteiger partial charge in [-0.3, -0.25) is 9.69 Å². The van der Waals surface area contributed by atoms with Gasteiger partial charge in [-0.25, -0.2) is 4.98 Å². The zero-order chi connectivity index (χ0) is 20.4. The number of carbonyl (C=O) groups excluding carboxylic acids is 1. The lowest BCUT2D eigenvalue weighted by Crippen LogP contribution is -2.51. The van der Waals surface area contributed by atoms with E-state index < -0.39 is 0 Å². The maximum atomic E-state index is 13.2. The Labute approximate surface area is 177 Å². The number of aromatic nitrogens is 1. The third kappa shape index (κ3) is 4.64. The molecule has 1 saturated carbocycles. The summed E-state index contributed by atoms with van der Waals surface area (Å²) in [6.07, 6.45) is 5.49. The molecule has 1 amide bonds. The molecular weight excluding hydrogens is 382 g/mol. The Hall–Kier alpha value is -1.92. The van der Waals surface area contributed by atoms with Crippen LogP contribution in [0.5, 0.6) is 5.75 Å². The molecule has 156 valence electrons. The van der Waals surface area contributed by atoms with Gasteiger partial charge in [-0.05, 0) is 45.7 Å². The molecule has 4 rings (SSSR count). The average molecular weight is 414 g/mol. The third-order valence-electron chi connectivity index (χ3n) is 5.89. The number of aryl methyl sites for hydroxylation is 1. The molecule has 1 aromatic carbocycles. The lowest BCUT2D eigenvalue weighted by molar-refractivity contribution is 0.0577. The van der Waals surface area contributed by atoms with Crippen molar-refractivity contribution in [3.63, 3.8) is 0 Å². The average Bonchev–Trinajstić information content (AvgIpc) is 3.37. The van der Waals surface area contributed by atoms with Crippen LogP contribution in [0.25, 0.3) is 10.6 Å². The molecule has 1 aliphatic heterocycles. The van der Waals surface area contributed by atoms with Gasteiger partial charge >= 0.3 is 0 Å². The highest BCUT2D eigenvalue weighted by atomic mass is 32.1. The minimum absolute atomic E-state index is 0.128. The van der Waals surface area contributed by atoms with Crippen LogP contribution in [0.4, 0.5) is 0 Å². The first-order chi connectivity index (χ1) is 14.0. The number of thiazole rings is 1. The van der Waals surface area contributed by atoms with Crippen molar-refractivity contribution in [2.45, 2.75) is 58.6 Å². The summed E-state index contributed by atoms with van der Waals surface area (Å²) in [5, 5.41) is 0.879. The molecule has 0 unspecified atom stereocenters. The third-order valence-corrected chi connectivity index (χ3v) is 7.08. The molecule has 2 aliphatic rings. The minimum atomic E-state index is 0.128. The first-order valence-electron chi connectivity index (χ1n) is 10.8. The zero-order valence-corrected chi connectivity index (χ0v) is 18.5. The van der Waals surface area contributed by atoms with Crippen molar-refractivity contribution in [1.82, 2.24) is 14.8 Å². The van der Waals surface area contributed by atoms with E-state index in [9.17, 15) is 4.79 Å². The normalized spacial score (nSPS) is 18.6. The number of nitrogens with zero attached hydrogens (tertiary/aromatic N) is 3. The lowest BCUT2D eigenvalue weighted by Gasteiger charge is -2.37. The van der Waals surface area contributed by atoms with Crippen molar-refractivity contribution in [3.05, 3.63) is 34.8 Å². The molecule has 0 N–H and O–H groups in total. The smallest absolute Gasteiger partial charge is 0.265 e. The van der Waals surface area contributed by atoms with Gasteiger partial charge in [-0.2, -0.15) is 0 Å². The molecule has 1 aromatic heterocycles. The molecule has 0 radical (unpaired) electrons. The Morgan fingerprint density at radius 3 is 2.59 bits per heavy atom. The highest BCUT2D eigenvalue weighted by molar-refractivity contribution is 7.17. The highest BCUT2D eigenvalue weighted by Gasteiger charge is 2.29. The Kier molecular flexibility index (Phi) is 6.20. The van der Waals surface area contributed by atoms with Crippen molar-refractivity contribution in [2.75, 3.05) is 26.2 Å². The van der Waals surface area contributed by atoms with E-state index in [2.05, 4.69) is 4.90 Å². The van der Waals surface area contributed by atoms with E-state index in [1.54, 1.807) is 0 Å². The predicted octanol–water partition coefficient (Wildman–Crippen LogP) is 4.61. The molecule has 5 nitrogen and oxygen atoms in total. The van der Waals surface area contributed by atoms with Gasteiger partial charge in [0.15, 0.2) is 0 Å². The molecule has 1 aliphatic carbocycles. The fraction of sp³-hybridized carbons (Fsp3) is 0.565. The number of hydrogen-bond acceptors (Lipinski definition) is 5. The van der Waals surface area contributed by atoms with Crippen LogP contribution in [-0.2, 0) is 0 Å². The topological polar surface area (TPSA) is 45.7 Å². The van der Waals surface area contributed by atoms with E-state index in [-0.39, 0.29) is 12.0 Å².